The number of esters is 1. The molecule has 0 fully saturated rings. The maximum absolute atomic E-state index is 11.4. The largest absolute Gasteiger partial charge is 0.465 e. The molecule has 0 spiro atoms. The number of carbonyl (C=O) groups is 2. The van der Waals surface area contributed by atoms with E-state index in [1.807, 2.05) is 6.92 Å². The highest BCUT2D eigenvalue weighted by Crippen LogP contribution is 2.09. The Kier molecular flexibility index (Phi) is 5.04. The van der Waals surface area contributed by atoms with Crippen molar-refractivity contribution in [3.8, 4) is 0 Å². The summed E-state index contributed by atoms with van der Waals surface area (Å²) in [6.07, 6.45) is 0. The van der Waals surface area contributed by atoms with E-state index in [4.69, 9.17) is 10.5 Å². The van der Waals surface area contributed by atoms with Gasteiger partial charge in [0, 0.05) is 6.54 Å². The van der Waals surface area contributed by atoms with E-state index in [1.165, 1.54) is 6.07 Å². The van der Waals surface area contributed by atoms with Crippen LogP contribution < -0.4 is 10.6 Å². The Morgan fingerprint density at radius 2 is 2.06 bits per heavy atom. The SMILES string of the molecule is CCOC(=O)CN(CC)c1ccc(C(N)=O)nn1. The average Bonchev–Trinajstić information content (AvgIpc) is 2.36. The average molecular weight is 252 g/mol. The van der Waals surface area contributed by atoms with Crippen molar-refractivity contribution in [3.63, 3.8) is 0 Å². The Labute approximate surface area is 105 Å². The lowest BCUT2D eigenvalue weighted by Gasteiger charge is -2.19. The zero-order valence-electron chi connectivity index (χ0n) is 10.4. The Morgan fingerprint density at radius 1 is 1.33 bits per heavy atom. The molecule has 1 rings (SSSR count). The number of hydrogen-bond acceptors (Lipinski definition) is 6. The molecule has 0 aliphatic rings. The molecule has 7 nitrogen and oxygen atoms in total. The van der Waals surface area contributed by atoms with Crippen molar-refractivity contribution in [1.29, 1.82) is 0 Å². The third-order valence-corrected chi connectivity index (χ3v) is 2.23. The number of nitrogens with two attached hydrogens (primary N) is 1. The number of anilines is 1. The molecule has 98 valence electrons. The molecule has 18 heavy (non-hydrogen) atoms. The highest BCUT2D eigenvalue weighted by Gasteiger charge is 2.13. The number of ether oxygens (including phenoxy) is 1. The molecule has 0 atom stereocenters. The van der Waals surface area contributed by atoms with Crippen molar-refractivity contribution in [2.24, 2.45) is 5.73 Å². The van der Waals surface area contributed by atoms with Crippen LogP contribution in [0.15, 0.2) is 12.1 Å². The van der Waals surface area contributed by atoms with E-state index in [0.717, 1.165) is 0 Å². The topological polar surface area (TPSA) is 98.4 Å². The Morgan fingerprint density at radius 3 is 2.50 bits per heavy atom. The number of aromatic nitrogens is 2. The first kappa shape index (κ1) is 13.9. The molecule has 1 aromatic rings. The lowest BCUT2D eigenvalue weighted by molar-refractivity contribution is -0.141. The third kappa shape index (κ3) is 3.69. The van der Waals surface area contributed by atoms with Crippen LogP contribution in [0.1, 0.15) is 24.3 Å². The third-order valence-electron chi connectivity index (χ3n) is 2.23. The highest BCUT2D eigenvalue weighted by atomic mass is 16.5. The first-order valence-electron chi connectivity index (χ1n) is 5.62. The van der Waals surface area contributed by atoms with E-state index in [0.29, 0.717) is 19.0 Å². The van der Waals surface area contributed by atoms with Crippen LogP contribution in [0.5, 0.6) is 0 Å². The molecular formula is C11H16N4O3. The van der Waals surface area contributed by atoms with Gasteiger partial charge in [-0.15, -0.1) is 10.2 Å². The summed E-state index contributed by atoms with van der Waals surface area (Å²) < 4.78 is 4.85. The predicted octanol–water partition coefficient (Wildman–Crippen LogP) is -0.0351. The molecule has 1 aromatic heterocycles. The Hall–Kier alpha value is -2.18. The number of primary amides is 1. The van der Waals surface area contributed by atoms with E-state index < -0.39 is 5.91 Å². The first-order chi connectivity index (χ1) is 8.58. The lowest BCUT2D eigenvalue weighted by atomic mass is 10.3. The molecule has 2 N–H and O–H groups in total. The van der Waals surface area contributed by atoms with E-state index in [1.54, 1.807) is 17.9 Å². The summed E-state index contributed by atoms with van der Waals surface area (Å²) in [6, 6.07) is 3.06. The fourth-order valence-corrected chi connectivity index (χ4v) is 1.34. The standard InChI is InChI=1S/C11H16N4O3/c1-3-15(7-10(16)18-4-2)9-6-5-8(11(12)17)13-14-9/h5-6H,3-4,7H2,1-2H3,(H2,12,17). The smallest absolute Gasteiger partial charge is 0.325 e. The van der Waals surface area contributed by atoms with Gasteiger partial charge in [0.15, 0.2) is 11.5 Å². The molecule has 0 saturated heterocycles. The summed E-state index contributed by atoms with van der Waals surface area (Å²) in [6.45, 7) is 4.62. The van der Waals surface area contributed by atoms with Gasteiger partial charge in [-0.25, -0.2) is 0 Å². The van der Waals surface area contributed by atoms with E-state index in [2.05, 4.69) is 10.2 Å². The second-order valence-electron chi connectivity index (χ2n) is 3.46. The summed E-state index contributed by atoms with van der Waals surface area (Å²) in [5.41, 5.74) is 5.15. The fourth-order valence-electron chi connectivity index (χ4n) is 1.34. The van der Waals surface area contributed by atoms with Crippen LogP contribution in [0, 0.1) is 0 Å². The van der Waals surface area contributed by atoms with Crippen LogP contribution in [-0.4, -0.2) is 41.8 Å². The van der Waals surface area contributed by atoms with Gasteiger partial charge in [-0.2, -0.15) is 0 Å². The minimum absolute atomic E-state index is 0.0888. The number of likely N-dealkylation sites (N-methyl/N-ethyl adjacent to an activating group) is 1. The molecule has 1 amide bonds. The quantitative estimate of drug-likeness (QED) is 0.713. The summed E-state index contributed by atoms with van der Waals surface area (Å²) in [5.74, 6) is -0.474. The second kappa shape index (κ2) is 6.53. The number of rotatable bonds is 6. The van der Waals surface area contributed by atoms with Crippen molar-refractivity contribution in [3.05, 3.63) is 17.8 Å². The molecular weight excluding hydrogens is 236 g/mol. The summed E-state index contributed by atoms with van der Waals surface area (Å²) in [4.78, 5) is 23.9. The van der Waals surface area contributed by atoms with Gasteiger partial charge < -0.3 is 15.4 Å². The van der Waals surface area contributed by atoms with Gasteiger partial charge in [0.1, 0.15) is 6.54 Å². The molecule has 0 aliphatic carbocycles. The number of carbonyl (C=O) groups excluding carboxylic acids is 2. The van der Waals surface area contributed by atoms with Gasteiger partial charge in [0.05, 0.1) is 6.61 Å². The molecule has 0 bridgehead atoms. The van der Waals surface area contributed by atoms with Crippen molar-refractivity contribution in [2.45, 2.75) is 13.8 Å². The zero-order chi connectivity index (χ0) is 13.5. The van der Waals surface area contributed by atoms with Gasteiger partial charge >= 0.3 is 5.97 Å². The minimum atomic E-state index is -0.637. The molecule has 7 heteroatoms. The van der Waals surface area contributed by atoms with Gasteiger partial charge in [-0.1, -0.05) is 0 Å². The van der Waals surface area contributed by atoms with Crippen LogP contribution in [0.2, 0.25) is 0 Å². The van der Waals surface area contributed by atoms with E-state index >= 15 is 0 Å². The predicted molar refractivity (Wildman–Crippen MR) is 65.1 cm³/mol. The molecule has 0 aliphatic heterocycles. The van der Waals surface area contributed by atoms with Gasteiger partial charge in [0.25, 0.3) is 5.91 Å². The van der Waals surface area contributed by atoms with Crippen molar-refractivity contribution >= 4 is 17.7 Å². The lowest BCUT2D eigenvalue weighted by Crippen LogP contribution is -2.31. The van der Waals surface area contributed by atoms with Gasteiger partial charge in [-0.05, 0) is 26.0 Å². The van der Waals surface area contributed by atoms with Crippen LogP contribution in [0.25, 0.3) is 0 Å². The maximum atomic E-state index is 11.4. The van der Waals surface area contributed by atoms with Crippen LogP contribution in [0.3, 0.4) is 0 Å². The summed E-state index contributed by atoms with van der Waals surface area (Å²) in [5, 5.41) is 7.53. The molecule has 0 radical (unpaired) electrons. The Bertz CT molecular complexity index is 419. The monoisotopic (exact) mass is 252 g/mol. The molecule has 1 heterocycles. The van der Waals surface area contributed by atoms with Crippen molar-refractivity contribution in [2.75, 3.05) is 24.6 Å². The van der Waals surface area contributed by atoms with Gasteiger partial charge in [-0.3, -0.25) is 9.59 Å². The zero-order valence-corrected chi connectivity index (χ0v) is 10.4. The summed E-state index contributed by atoms with van der Waals surface area (Å²) >= 11 is 0. The van der Waals surface area contributed by atoms with Crippen LogP contribution in [0.4, 0.5) is 5.82 Å². The Balaban J connectivity index is 2.76. The second-order valence-corrected chi connectivity index (χ2v) is 3.46. The first-order valence-corrected chi connectivity index (χ1v) is 5.62. The number of nitrogens with zero attached hydrogens (tertiary/aromatic N) is 3. The van der Waals surface area contributed by atoms with Crippen LogP contribution >= 0.6 is 0 Å². The normalized spacial score (nSPS) is 9.89. The molecule has 0 saturated carbocycles. The fraction of sp³-hybridized carbons (Fsp3) is 0.455. The van der Waals surface area contributed by atoms with E-state index in [-0.39, 0.29) is 18.2 Å². The number of amides is 1. The minimum Gasteiger partial charge on any atom is -0.465 e. The van der Waals surface area contributed by atoms with Crippen molar-refractivity contribution < 1.29 is 14.3 Å². The van der Waals surface area contributed by atoms with E-state index in [9.17, 15) is 9.59 Å². The maximum Gasteiger partial charge on any atom is 0.325 e. The van der Waals surface area contributed by atoms with Crippen LogP contribution in [-0.2, 0) is 9.53 Å². The number of hydrogen-bond donors (Lipinski definition) is 1. The molecule has 0 unspecified atom stereocenters. The van der Waals surface area contributed by atoms with Gasteiger partial charge in [0.2, 0.25) is 0 Å². The summed E-state index contributed by atoms with van der Waals surface area (Å²) in [7, 11) is 0. The molecule has 0 aromatic carbocycles. The highest BCUT2D eigenvalue weighted by molar-refractivity contribution is 5.90. The van der Waals surface area contributed by atoms with Crippen molar-refractivity contribution in [1.82, 2.24) is 10.2 Å².